The lowest BCUT2D eigenvalue weighted by Crippen LogP contribution is -1.89. The fourth-order valence-corrected chi connectivity index (χ4v) is 1.66. The van der Waals surface area contributed by atoms with E-state index in [1.54, 1.807) is 0 Å². The van der Waals surface area contributed by atoms with Gasteiger partial charge in [-0.3, -0.25) is 5.21 Å². The Balaban J connectivity index is 2.79. The van der Waals surface area contributed by atoms with Crippen molar-refractivity contribution in [2.45, 2.75) is 13.3 Å². The molecule has 4 nitrogen and oxygen atoms in total. The Morgan fingerprint density at radius 2 is 2.36 bits per heavy atom. The molecule has 0 radical (unpaired) electrons. The Labute approximate surface area is 68.5 Å². The van der Waals surface area contributed by atoms with Crippen molar-refractivity contribution in [2.75, 3.05) is 12.1 Å². The van der Waals surface area contributed by atoms with Crippen molar-refractivity contribution in [2.24, 2.45) is 0 Å². The minimum Gasteiger partial charge on any atom is -0.396 e. The highest BCUT2D eigenvalue weighted by atomic mass is 32.1. The third-order valence-electron chi connectivity index (χ3n) is 1.33. The number of aliphatic hydroxyl groups excluding tert-OH is 1. The van der Waals surface area contributed by atoms with E-state index < -0.39 is 0 Å². The Kier molecular flexibility index (Phi) is 2.81. The lowest BCUT2D eigenvalue weighted by atomic mass is 10.3. The summed E-state index contributed by atoms with van der Waals surface area (Å²) in [6, 6.07) is 0. The average Bonchev–Trinajstić information content (AvgIpc) is 2.33. The van der Waals surface area contributed by atoms with Gasteiger partial charge < -0.3 is 5.11 Å². The number of nitrogens with zero attached hydrogens (tertiary/aromatic N) is 1. The van der Waals surface area contributed by atoms with Crippen LogP contribution < -0.4 is 5.48 Å². The maximum Gasteiger partial charge on any atom is 0.207 e. The van der Waals surface area contributed by atoms with Crippen LogP contribution in [0, 0.1) is 6.92 Å². The first-order valence-electron chi connectivity index (χ1n) is 3.25. The molecule has 1 aromatic heterocycles. The summed E-state index contributed by atoms with van der Waals surface area (Å²) in [4.78, 5) is 5.00. The minimum atomic E-state index is 0.119. The van der Waals surface area contributed by atoms with Gasteiger partial charge in [0.15, 0.2) is 0 Å². The van der Waals surface area contributed by atoms with Crippen LogP contribution in [0.2, 0.25) is 0 Å². The molecule has 0 unspecified atom stereocenters. The molecule has 0 aliphatic rings. The number of aromatic nitrogens is 1. The Hall–Kier alpha value is -0.650. The van der Waals surface area contributed by atoms with Gasteiger partial charge in [0.25, 0.3) is 0 Å². The number of thiazole rings is 1. The molecule has 0 saturated carbocycles. The van der Waals surface area contributed by atoms with Crippen LogP contribution in [0.5, 0.6) is 0 Å². The van der Waals surface area contributed by atoms with E-state index in [-0.39, 0.29) is 6.61 Å². The smallest absolute Gasteiger partial charge is 0.207 e. The highest BCUT2D eigenvalue weighted by Gasteiger charge is 2.04. The van der Waals surface area contributed by atoms with E-state index in [0.29, 0.717) is 11.6 Å². The van der Waals surface area contributed by atoms with Crippen LogP contribution in [0.15, 0.2) is 0 Å². The normalized spacial score (nSPS) is 10.1. The first kappa shape index (κ1) is 8.45. The Bertz CT molecular complexity index is 236. The zero-order chi connectivity index (χ0) is 8.27. The largest absolute Gasteiger partial charge is 0.396 e. The van der Waals surface area contributed by atoms with Crippen LogP contribution in [-0.2, 0) is 6.42 Å². The zero-order valence-corrected chi connectivity index (χ0v) is 6.98. The summed E-state index contributed by atoms with van der Waals surface area (Å²) in [5.74, 6) is 0. The number of rotatable bonds is 3. The number of anilines is 1. The first-order chi connectivity index (χ1) is 5.27. The Morgan fingerprint density at radius 3 is 2.82 bits per heavy atom. The molecule has 0 aliphatic heterocycles. The van der Waals surface area contributed by atoms with Gasteiger partial charge in [0.2, 0.25) is 5.13 Å². The summed E-state index contributed by atoms with van der Waals surface area (Å²) in [6.07, 6.45) is 0.602. The molecule has 0 aliphatic carbocycles. The molecule has 0 aromatic carbocycles. The maximum absolute atomic E-state index is 8.62. The summed E-state index contributed by atoms with van der Waals surface area (Å²) in [5.41, 5.74) is 2.83. The van der Waals surface area contributed by atoms with E-state index in [9.17, 15) is 0 Å². The number of aryl methyl sites for hydroxylation is 1. The average molecular weight is 174 g/mol. The van der Waals surface area contributed by atoms with E-state index in [2.05, 4.69) is 4.98 Å². The lowest BCUT2D eigenvalue weighted by Gasteiger charge is -1.90. The van der Waals surface area contributed by atoms with Crippen LogP contribution in [-0.4, -0.2) is 21.9 Å². The van der Waals surface area contributed by atoms with Crippen molar-refractivity contribution in [1.29, 1.82) is 0 Å². The van der Waals surface area contributed by atoms with E-state index in [1.165, 1.54) is 11.3 Å². The molecule has 1 rings (SSSR count). The molecule has 0 amide bonds. The third-order valence-corrected chi connectivity index (χ3v) is 2.45. The van der Waals surface area contributed by atoms with Gasteiger partial charge in [-0.1, -0.05) is 11.3 Å². The predicted molar refractivity (Wildman–Crippen MR) is 43.1 cm³/mol. The predicted octanol–water partition coefficient (Wildman–Crippen LogP) is 0.787. The molecular formula is C6H10N2O2S. The molecule has 5 heteroatoms. The highest BCUT2D eigenvalue weighted by Crippen LogP contribution is 2.21. The van der Waals surface area contributed by atoms with Gasteiger partial charge in [-0.15, -0.1) is 0 Å². The Morgan fingerprint density at radius 1 is 1.64 bits per heavy atom. The molecule has 0 spiro atoms. The standard InChI is InChI=1S/C6H10N2O2S/c1-4-5(2-3-9)11-6(7-4)8-10/h9-10H,2-3H2,1H3,(H,7,8). The molecule has 3 N–H and O–H groups in total. The van der Waals surface area contributed by atoms with Gasteiger partial charge in [0.05, 0.1) is 5.69 Å². The molecule has 0 saturated heterocycles. The van der Waals surface area contributed by atoms with E-state index in [4.69, 9.17) is 10.3 Å². The second-order valence-corrected chi connectivity index (χ2v) is 3.20. The number of aliphatic hydroxyl groups is 1. The summed E-state index contributed by atoms with van der Waals surface area (Å²) in [6.45, 7) is 1.97. The molecule has 62 valence electrons. The van der Waals surface area contributed by atoms with E-state index >= 15 is 0 Å². The summed E-state index contributed by atoms with van der Waals surface area (Å²) < 4.78 is 0. The maximum atomic E-state index is 8.62. The fourth-order valence-electron chi connectivity index (χ4n) is 0.809. The monoisotopic (exact) mass is 174 g/mol. The molecular weight excluding hydrogens is 164 g/mol. The van der Waals surface area contributed by atoms with E-state index in [0.717, 1.165) is 10.6 Å². The van der Waals surface area contributed by atoms with Gasteiger partial charge in [-0.2, -0.15) is 0 Å². The first-order valence-corrected chi connectivity index (χ1v) is 4.07. The molecule has 0 fully saturated rings. The molecule has 0 atom stereocenters. The van der Waals surface area contributed by atoms with Crippen LogP contribution in [0.25, 0.3) is 0 Å². The van der Waals surface area contributed by atoms with Crippen molar-refractivity contribution in [3.8, 4) is 0 Å². The topological polar surface area (TPSA) is 65.4 Å². The van der Waals surface area contributed by atoms with Crippen molar-refractivity contribution in [3.05, 3.63) is 10.6 Å². The lowest BCUT2D eigenvalue weighted by molar-refractivity contribution is 0.300. The zero-order valence-electron chi connectivity index (χ0n) is 6.16. The molecule has 11 heavy (non-hydrogen) atoms. The van der Waals surface area contributed by atoms with Crippen LogP contribution in [0.3, 0.4) is 0 Å². The quantitative estimate of drug-likeness (QED) is 0.593. The summed E-state index contributed by atoms with van der Waals surface area (Å²) >= 11 is 1.35. The number of hydrogen-bond acceptors (Lipinski definition) is 5. The van der Waals surface area contributed by atoms with Gasteiger partial charge in [0.1, 0.15) is 0 Å². The highest BCUT2D eigenvalue weighted by molar-refractivity contribution is 7.15. The number of nitrogens with one attached hydrogen (secondary N) is 1. The second-order valence-electron chi connectivity index (χ2n) is 2.11. The summed E-state index contributed by atoms with van der Waals surface area (Å²) in [5, 5.41) is 17.6. The van der Waals surface area contributed by atoms with Crippen LogP contribution in [0.1, 0.15) is 10.6 Å². The van der Waals surface area contributed by atoms with Gasteiger partial charge in [0, 0.05) is 17.9 Å². The molecule has 1 heterocycles. The van der Waals surface area contributed by atoms with Crippen LogP contribution >= 0.6 is 11.3 Å². The SMILES string of the molecule is Cc1nc(NO)sc1CCO. The molecule has 0 bridgehead atoms. The minimum absolute atomic E-state index is 0.119. The van der Waals surface area contributed by atoms with Gasteiger partial charge in [-0.05, 0) is 6.92 Å². The van der Waals surface area contributed by atoms with Crippen LogP contribution in [0.4, 0.5) is 5.13 Å². The third kappa shape index (κ3) is 1.89. The van der Waals surface area contributed by atoms with E-state index in [1.807, 2.05) is 12.4 Å². The second kappa shape index (κ2) is 3.66. The fraction of sp³-hybridized carbons (Fsp3) is 0.500. The van der Waals surface area contributed by atoms with Crippen molar-refractivity contribution < 1.29 is 10.3 Å². The van der Waals surface area contributed by atoms with Gasteiger partial charge >= 0.3 is 0 Å². The molecule has 1 aromatic rings. The van der Waals surface area contributed by atoms with Crippen molar-refractivity contribution >= 4 is 16.5 Å². The van der Waals surface area contributed by atoms with Crippen molar-refractivity contribution in [3.63, 3.8) is 0 Å². The van der Waals surface area contributed by atoms with Crippen molar-refractivity contribution in [1.82, 2.24) is 4.98 Å². The van der Waals surface area contributed by atoms with Gasteiger partial charge in [-0.25, -0.2) is 10.5 Å². The summed E-state index contributed by atoms with van der Waals surface area (Å²) in [7, 11) is 0. The number of hydrogen-bond donors (Lipinski definition) is 3.